The van der Waals surface area contributed by atoms with Crippen LogP contribution >= 0.6 is 11.3 Å². The summed E-state index contributed by atoms with van der Waals surface area (Å²) in [5.41, 5.74) is 2.68. The van der Waals surface area contributed by atoms with Crippen LogP contribution in [0.15, 0.2) is 18.2 Å². The molecule has 0 amide bonds. The van der Waals surface area contributed by atoms with Crippen LogP contribution in [0, 0.1) is 12.8 Å². The number of nitrogens with zero attached hydrogens (tertiary/aromatic N) is 1. The van der Waals surface area contributed by atoms with Gasteiger partial charge in [0.25, 0.3) is 0 Å². The zero-order chi connectivity index (χ0) is 11.7. The van der Waals surface area contributed by atoms with Gasteiger partial charge < -0.3 is 5.32 Å². The maximum atomic E-state index is 4.57. The Morgan fingerprint density at radius 3 is 3.00 bits per heavy atom. The number of hydrogen-bond acceptors (Lipinski definition) is 3. The predicted octanol–water partition coefficient (Wildman–Crippen LogP) is 3.15. The van der Waals surface area contributed by atoms with Gasteiger partial charge >= 0.3 is 0 Å². The predicted molar refractivity (Wildman–Crippen MR) is 73.7 cm³/mol. The van der Waals surface area contributed by atoms with Gasteiger partial charge in [0.05, 0.1) is 15.2 Å². The number of benzene rings is 1. The van der Waals surface area contributed by atoms with Crippen molar-refractivity contribution in [2.45, 2.75) is 26.2 Å². The molecule has 2 aromatic rings. The summed E-state index contributed by atoms with van der Waals surface area (Å²) in [6.07, 6.45) is 3.85. The van der Waals surface area contributed by atoms with Crippen molar-refractivity contribution in [3.8, 4) is 0 Å². The molecule has 2 heterocycles. The van der Waals surface area contributed by atoms with Gasteiger partial charge in [0, 0.05) is 0 Å². The highest BCUT2D eigenvalue weighted by molar-refractivity contribution is 7.18. The van der Waals surface area contributed by atoms with Gasteiger partial charge in [-0.15, -0.1) is 11.3 Å². The summed E-state index contributed by atoms with van der Waals surface area (Å²) in [5.74, 6) is 0.851. The fourth-order valence-corrected chi connectivity index (χ4v) is 3.62. The number of nitrogens with one attached hydrogen (secondary N) is 1. The van der Waals surface area contributed by atoms with E-state index in [0.717, 1.165) is 5.92 Å². The molecule has 0 spiro atoms. The van der Waals surface area contributed by atoms with Crippen LogP contribution in [0.3, 0.4) is 0 Å². The maximum Gasteiger partial charge on any atom is 0.0907 e. The Kier molecular flexibility index (Phi) is 3.12. The van der Waals surface area contributed by atoms with Crippen LogP contribution in [0.4, 0.5) is 0 Å². The molecule has 0 unspecified atom stereocenters. The lowest BCUT2D eigenvalue weighted by Gasteiger charge is -2.22. The van der Waals surface area contributed by atoms with E-state index in [1.165, 1.54) is 53.1 Å². The normalized spacial score (nSPS) is 17.7. The first-order chi connectivity index (χ1) is 8.33. The average molecular weight is 246 g/mol. The number of rotatable bonds is 2. The molecule has 1 N–H and O–H groups in total. The number of piperidine rings is 1. The zero-order valence-corrected chi connectivity index (χ0v) is 11.0. The first-order valence-corrected chi connectivity index (χ1v) is 7.20. The van der Waals surface area contributed by atoms with Crippen LogP contribution in [-0.2, 0) is 6.42 Å². The molecule has 3 rings (SSSR count). The van der Waals surface area contributed by atoms with Crippen LogP contribution in [0.2, 0.25) is 0 Å². The molecule has 2 nitrogen and oxygen atoms in total. The Morgan fingerprint density at radius 1 is 1.35 bits per heavy atom. The number of hydrogen-bond donors (Lipinski definition) is 1. The van der Waals surface area contributed by atoms with Crippen molar-refractivity contribution >= 4 is 21.6 Å². The minimum absolute atomic E-state index is 0.851. The summed E-state index contributed by atoms with van der Waals surface area (Å²) in [5, 5.41) is 4.61. The molecule has 0 atom stereocenters. The number of aromatic nitrogens is 1. The molecule has 1 aromatic heterocycles. The van der Waals surface area contributed by atoms with Crippen molar-refractivity contribution in [3.05, 3.63) is 28.8 Å². The van der Waals surface area contributed by atoms with E-state index in [2.05, 4.69) is 35.4 Å². The Bertz CT molecular complexity index is 512. The van der Waals surface area contributed by atoms with Crippen molar-refractivity contribution in [2.24, 2.45) is 5.92 Å². The van der Waals surface area contributed by atoms with Crippen molar-refractivity contribution < 1.29 is 0 Å². The average Bonchev–Trinajstić information content (AvgIpc) is 2.72. The highest BCUT2D eigenvalue weighted by Gasteiger charge is 2.15. The first-order valence-electron chi connectivity index (χ1n) is 6.38. The summed E-state index contributed by atoms with van der Waals surface area (Å²) < 4.78 is 1.41. The fraction of sp³-hybridized carbons (Fsp3) is 0.500. The van der Waals surface area contributed by atoms with Gasteiger partial charge in [-0.3, -0.25) is 0 Å². The molecule has 0 saturated carbocycles. The van der Waals surface area contributed by atoms with Crippen LogP contribution in [0.5, 0.6) is 0 Å². The van der Waals surface area contributed by atoms with Gasteiger partial charge in [-0.1, -0.05) is 12.1 Å². The summed E-state index contributed by atoms with van der Waals surface area (Å²) in [6, 6.07) is 6.56. The molecule has 90 valence electrons. The van der Waals surface area contributed by atoms with Gasteiger partial charge in [-0.25, -0.2) is 4.98 Å². The van der Waals surface area contributed by atoms with Gasteiger partial charge in [0.2, 0.25) is 0 Å². The third-order valence-corrected chi connectivity index (χ3v) is 4.63. The van der Waals surface area contributed by atoms with Gasteiger partial charge in [-0.05, 0) is 56.8 Å². The van der Waals surface area contributed by atoms with E-state index in [4.69, 9.17) is 0 Å². The Morgan fingerprint density at radius 2 is 2.18 bits per heavy atom. The lowest BCUT2D eigenvalue weighted by Crippen LogP contribution is -2.28. The second-order valence-corrected chi connectivity index (χ2v) is 6.10. The van der Waals surface area contributed by atoms with E-state index < -0.39 is 0 Å². The Balaban J connectivity index is 1.88. The monoisotopic (exact) mass is 246 g/mol. The molecule has 1 fully saturated rings. The Hall–Kier alpha value is -0.930. The lowest BCUT2D eigenvalue weighted by atomic mass is 9.91. The third kappa shape index (κ3) is 2.35. The lowest BCUT2D eigenvalue weighted by molar-refractivity contribution is 0.373. The van der Waals surface area contributed by atoms with Gasteiger partial charge in [0.15, 0.2) is 0 Å². The molecular formula is C14H18N2S. The van der Waals surface area contributed by atoms with Crippen LogP contribution in [-0.4, -0.2) is 18.1 Å². The SMILES string of the molecule is Cc1nc2cccc(CC3CCNCC3)c2s1. The highest BCUT2D eigenvalue weighted by atomic mass is 32.1. The van der Waals surface area contributed by atoms with Crippen molar-refractivity contribution in [3.63, 3.8) is 0 Å². The molecule has 1 aliphatic heterocycles. The van der Waals surface area contributed by atoms with E-state index in [9.17, 15) is 0 Å². The van der Waals surface area contributed by atoms with Crippen molar-refractivity contribution in [2.75, 3.05) is 13.1 Å². The minimum Gasteiger partial charge on any atom is -0.317 e. The van der Waals surface area contributed by atoms with Crippen molar-refractivity contribution in [1.82, 2.24) is 10.3 Å². The van der Waals surface area contributed by atoms with Crippen LogP contribution in [0.1, 0.15) is 23.4 Å². The largest absolute Gasteiger partial charge is 0.317 e. The quantitative estimate of drug-likeness (QED) is 0.880. The standard InChI is InChI=1S/C14H18N2S/c1-10-16-13-4-2-3-12(14(13)17-10)9-11-5-7-15-8-6-11/h2-4,11,15H,5-9H2,1H3. The summed E-state index contributed by atoms with van der Waals surface area (Å²) >= 11 is 1.84. The molecule has 1 aliphatic rings. The topological polar surface area (TPSA) is 24.9 Å². The molecule has 0 radical (unpaired) electrons. The first kappa shape index (κ1) is 11.2. The van der Waals surface area contributed by atoms with E-state index in [1.807, 2.05) is 11.3 Å². The summed E-state index contributed by atoms with van der Waals surface area (Å²) in [6.45, 7) is 4.46. The van der Waals surface area contributed by atoms with Gasteiger partial charge in [-0.2, -0.15) is 0 Å². The summed E-state index contributed by atoms with van der Waals surface area (Å²) in [4.78, 5) is 4.57. The Labute approximate surface area is 106 Å². The minimum atomic E-state index is 0.851. The second kappa shape index (κ2) is 4.75. The van der Waals surface area contributed by atoms with E-state index >= 15 is 0 Å². The molecule has 1 saturated heterocycles. The molecular weight excluding hydrogens is 228 g/mol. The second-order valence-electron chi connectivity index (χ2n) is 4.90. The smallest absolute Gasteiger partial charge is 0.0907 e. The van der Waals surface area contributed by atoms with E-state index in [1.54, 1.807) is 0 Å². The van der Waals surface area contributed by atoms with Crippen molar-refractivity contribution in [1.29, 1.82) is 0 Å². The van der Waals surface area contributed by atoms with E-state index in [-0.39, 0.29) is 0 Å². The third-order valence-electron chi connectivity index (χ3n) is 3.57. The molecule has 1 aromatic carbocycles. The highest BCUT2D eigenvalue weighted by Crippen LogP contribution is 2.28. The number of aryl methyl sites for hydroxylation is 1. The molecule has 0 aliphatic carbocycles. The maximum absolute atomic E-state index is 4.57. The number of thiazole rings is 1. The van der Waals surface area contributed by atoms with Crippen LogP contribution in [0.25, 0.3) is 10.2 Å². The van der Waals surface area contributed by atoms with Gasteiger partial charge in [0.1, 0.15) is 0 Å². The fourth-order valence-electron chi connectivity index (χ4n) is 2.67. The number of fused-ring (bicyclic) bond motifs is 1. The zero-order valence-electron chi connectivity index (χ0n) is 10.2. The van der Waals surface area contributed by atoms with Crippen LogP contribution < -0.4 is 5.32 Å². The summed E-state index contributed by atoms with van der Waals surface area (Å²) in [7, 11) is 0. The van der Waals surface area contributed by atoms with E-state index in [0.29, 0.717) is 0 Å². The molecule has 0 bridgehead atoms. The molecule has 3 heteroatoms. The molecule has 17 heavy (non-hydrogen) atoms.